The lowest BCUT2D eigenvalue weighted by Gasteiger charge is -2.37. The Morgan fingerprint density at radius 3 is 1.79 bits per heavy atom. The number of fused-ring (bicyclic) bond motifs is 8. The first-order chi connectivity index (χ1) is 28.6. The number of anilines is 3. The molecule has 3 aliphatic carbocycles. The maximum atomic E-state index is 4.30. The van der Waals surface area contributed by atoms with Crippen LogP contribution in [0.4, 0.5) is 17.1 Å². The van der Waals surface area contributed by atoms with E-state index in [1.54, 1.807) is 0 Å². The maximum Gasteiger partial charge on any atom is 0.0714 e. The summed E-state index contributed by atoms with van der Waals surface area (Å²) in [6.07, 6.45) is 13.9. The zero-order valence-corrected chi connectivity index (χ0v) is 33.3. The first-order valence-electron chi connectivity index (χ1n) is 21.1. The van der Waals surface area contributed by atoms with Crippen molar-refractivity contribution in [2.45, 2.75) is 55.8 Å². The number of hydrogen-bond acceptors (Lipinski definition) is 1. The molecule has 0 radical (unpaired) electrons. The van der Waals surface area contributed by atoms with Crippen molar-refractivity contribution in [3.8, 4) is 22.3 Å². The third kappa shape index (κ3) is 5.30. The van der Waals surface area contributed by atoms with Crippen LogP contribution in [0.5, 0.6) is 0 Å². The number of nitrogens with zero attached hydrogens (tertiary/aromatic N) is 1. The quantitative estimate of drug-likeness (QED) is 0.126. The van der Waals surface area contributed by atoms with E-state index in [9.17, 15) is 0 Å². The van der Waals surface area contributed by atoms with Gasteiger partial charge in [-0.2, -0.15) is 0 Å². The lowest BCUT2D eigenvalue weighted by Crippen LogP contribution is -2.29. The molecule has 1 nitrogen and oxygen atoms in total. The zero-order chi connectivity index (χ0) is 39.3. The van der Waals surface area contributed by atoms with Gasteiger partial charge in [-0.3, -0.25) is 0 Å². The van der Waals surface area contributed by atoms with Gasteiger partial charge in [0.15, 0.2) is 0 Å². The molecule has 0 bridgehead atoms. The summed E-state index contributed by atoms with van der Waals surface area (Å²) in [6.45, 7) is 12.7. The first-order valence-corrected chi connectivity index (χ1v) is 21.1. The Bertz CT molecular complexity index is 2670. The highest BCUT2D eigenvalue weighted by Crippen LogP contribution is 2.61. The van der Waals surface area contributed by atoms with Gasteiger partial charge in [0.25, 0.3) is 0 Å². The van der Waals surface area contributed by atoms with Crippen LogP contribution in [0.1, 0.15) is 88.6 Å². The fourth-order valence-electron chi connectivity index (χ4n) is 11.0. The van der Waals surface area contributed by atoms with E-state index in [1.165, 1.54) is 105 Å². The van der Waals surface area contributed by atoms with Crippen LogP contribution in [0, 0.1) is 0 Å². The van der Waals surface area contributed by atoms with Crippen LogP contribution in [0.3, 0.4) is 0 Å². The van der Waals surface area contributed by atoms with Crippen LogP contribution in [0.25, 0.3) is 34.4 Å². The Labute approximate surface area is 344 Å². The van der Waals surface area contributed by atoms with Gasteiger partial charge in [-0.25, -0.2) is 0 Å². The molecule has 1 heteroatoms. The summed E-state index contributed by atoms with van der Waals surface area (Å²) in [5, 5.41) is 0. The van der Waals surface area contributed by atoms with Crippen LogP contribution in [0.15, 0.2) is 184 Å². The van der Waals surface area contributed by atoms with Crippen LogP contribution < -0.4 is 4.90 Å². The second-order valence-corrected chi connectivity index (χ2v) is 16.3. The molecule has 1 fully saturated rings. The fourth-order valence-corrected chi connectivity index (χ4v) is 11.0. The molecule has 7 aromatic carbocycles. The van der Waals surface area contributed by atoms with E-state index < -0.39 is 5.41 Å². The van der Waals surface area contributed by atoms with E-state index in [0.717, 1.165) is 29.7 Å². The molecule has 0 aliphatic heterocycles. The Balaban J connectivity index is 1.31. The third-order valence-corrected chi connectivity index (χ3v) is 13.5. The molecule has 0 N–H and O–H groups in total. The SMILES string of the molecule is C=CCCc1cc(C=C)c(C=C)cc1N(c1ccc2c(c1)C(c1ccccc1)(c1ccccc1)c1ccccc1-2)c1cccc2c1-c1ccccc1C21CCCCC1. The van der Waals surface area contributed by atoms with E-state index in [0.29, 0.717) is 0 Å². The highest BCUT2D eigenvalue weighted by molar-refractivity contribution is 5.97. The van der Waals surface area contributed by atoms with Gasteiger partial charge in [0.2, 0.25) is 0 Å². The molecule has 0 aromatic heterocycles. The Morgan fingerprint density at radius 1 is 0.500 bits per heavy atom. The summed E-state index contributed by atoms with van der Waals surface area (Å²) in [6, 6.07) is 59.6. The topological polar surface area (TPSA) is 3.24 Å². The predicted octanol–water partition coefficient (Wildman–Crippen LogP) is 15.2. The summed E-state index contributed by atoms with van der Waals surface area (Å²) >= 11 is 0. The average Bonchev–Trinajstić information content (AvgIpc) is 3.74. The normalized spacial score (nSPS) is 15.2. The molecule has 1 spiro atoms. The van der Waals surface area contributed by atoms with Crippen molar-refractivity contribution in [3.63, 3.8) is 0 Å². The number of benzene rings is 7. The van der Waals surface area contributed by atoms with Crippen molar-refractivity contribution in [1.82, 2.24) is 0 Å². The van der Waals surface area contributed by atoms with Crippen LogP contribution in [0.2, 0.25) is 0 Å². The van der Waals surface area contributed by atoms with Crippen molar-refractivity contribution in [2.75, 3.05) is 4.90 Å². The largest absolute Gasteiger partial charge is 0.310 e. The molecule has 0 saturated heterocycles. The van der Waals surface area contributed by atoms with Crippen LogP contribution in [-0.4, -0.2) is 0 Å². The van der Waals surface area contributed by atoms with Crippen molar-refractivity contribution in [3.05, 3.63) is 234 Å². The standard InChI is InChI=1S/C57H49N/c1-4-7-22-42-37-40(5-2)41(6-3)38-54(42)58(53-32-21-31-51-55(53)48-28-16-17-29-49(48)56(51)35-19-10-20-36-56)45-33-34-47-46-27-15-18-30-50(46)57(52(47)39-45,43-23-11-8-12-24-43)44-25-13-9-14-26-44/h4-6,8-9,11-18,21,23-34,37-39H,1-3,7,10,19-20,22,35-36H2. The smallest absolute Gasteiger partial charge is 0.0714 e. The predicted molar refractivity (Wildman–Crippen MR) is 246 cm³/mol. The Hall–Kier alpha value is -6.44. The number of aryl methyl sites for hydroxylation is 1. The Kier molecular flexibility index (Phi) is 8.98. The molecule has 282 valence electrons. The van der Waals surface area contributed by atoms with Gasteiger partial charge < -0.3 is 4.90 Å². The van der Waals surface area contributed by atoms with Crippen molar-refractivity contribution in [2.24, 2.45) is 0 Å². The first kappa shape index (κ1) is 35.9. The van der Waals surface area contributed by atoms with Gasteiger partial charge in [-0.05, 0) is 123 Å². The summed E-state index contributed by atoms with van der Waals surface area (Å²) < 4.78 is 0. The lowest BCUT2D eigenvalue weighted by molar-refractivity contribution is 0.353. The van der Waals surface area contributed by atoms with Gasteiger partial charge in [0, 0.05) is 22.4 Å². The number of hydrogen-bond donors (Lipinski definition) is 0. The average molecular weight is 748 g/mol. The van der Waals surface area contributed by atoms with E-state index in [4.69, 9.17) is 0 Å². The Morgan fingerprint density at radius 2 is 1.10 bits per heavy atom. The van der Waals surface area contributed by atoms with Gasteiger partial charge in [-0.15, -0.1) is 6.58 Å². The molecule has 3 aliphatic rings. The summed E-state index contributed by atoms with van der Waals surface area (Å²) in [4.78, 5) is 2.58. The van der Waals surface area contributed by atoms with E-state index >= 15 is 0 Å². The van der Waals surface area contributed by atoms with Crippen molar-refractivity contribution < 1.29 is 0 Å². The molecular formula is C57H49N. The fraction of sp³-hybridized carbons (Fsp3) is 0.158. The third-order valence-electron chi connectivity index (χ3n) is 13.5. The lowest BCUT2D eigenvalue weighted by atomic mass is 9.67. The van der Waals surface area contributed by atoms with Crippen LogP contribution >= 0.6 is 0 Å². The summed E-state index contributed by atoms with van der Waals surface area (Å²) in [5.41, 5.74) is 19.9. The molecule has 0 atom stereocenters. The van der Waals surface area contributed by atoms with Crippen molar-refractivity contribution in [1.29, 1.82) is 0 Å². The number of rotatable bonds is 10. The molecule has 0 heterocycles. The molecule has 0 amide bonds. The minimum Gasteiger partial charge on any atom is -0.310 e. The van der Waals surface area contributed by atoms with Crippen molar-refractivity contribution >= 4 is 29.2 Å². The highest BCUT2D eigenvalue weighted by Gasteiger charge is 2.48. The highest BCUT2D eigenvalue weighted by atomic mass is 15.1. The molecule has 1 saturated carbocycles. The molecule has 58 heavy (non-hydrogen) atoms. The molecule has 7 aromatic rings. The molecular weight excluding hydrogens is 699 g/mol. The van der Waals surface area contributed by atoms with Crippen LogP contribution in [-0.2, 0) is 17.3 Å². The second-order valence-electron chi connectivity index (χ2n) is 16.3. The summed E-state index contributed by atoms with van der Waals surface area (Å²) in [5.74, 6) is 0. The summed E-state index contributed by atoms with van der Waals surface area (Å²) in [7, 11) is 0. The van der Waals surface area contributed by atoms with Gasteiger partial charge in [0.1, 0.15) is 0 Å². The second kappa shape index (κ2) is 14.5. The van der Waals surface area contributed by atoms with E-state index in [2.05, 4.69) is 182 Å². The van der Waals surface area contributed by atoms with Gasteiger partial charge in [0.05, 0.1) is 11.1 Å². The zero-order valence-electron chi connectivity index (χ0n) is 33.3. The van der Waals surface area contributed by atoms with Gasteiger partial charge >= 0.3 is 0 Å². The monoisotopic (exact) mass is 747 g/mol. The molecule has 0 unspecified atom stereocenters. The minimum absolute atomic E-state index is 0.0336. The number of allylic oxidation sites excluding steroid dienone is 1. The van der Waals surface area contributed by atoms with E-state index in [1.807, 2.05) is 18.2 Å². The minimum atomic E-state index is -0.516. The van der Waals surface area contributed by atoms with Gasteiger partial charge in [-0.1, -0.05) is 178 Å². The maximum absolute atomic E-state index is 4.30. The van der Waals surface area contributed by atoms with E-state index in [-0.39, 0.29) is 5.41 Å². The molecule has 10 rings (SSSR count).